The van der Waals surface area contributed by atoms with Crippen LogP contribution in [0.3, 0.4) is 0 Å². The van der Waals surface area contributed by atoms with Crippen molar-refractivity contribution in [1.29, 1.82) is 0 Å². The zero-order valence-corrected chi connectivity index (χ0v) is 13.0. The number of benzene rings is 1. The summed E-state index contributed by atoms with van der Waals surface area (Å²) in [7, 11) is 0. The van der Waals surface area contributed by atoms with Crippen molar-refractivity contribution in [3.8, 4) is 0 Å². The van der Waals surface area contributed by atoms with E-state index in [1.54, 1.807) is 16.7 Å². The third kappa shape index (κ3) is 4.83. The monoisotopic (exact) mass is 300 g/mol. The Labute approximate surface area is 131 Å². The maximum absolute atomic E-state index is 11.6. The fourth-order valence-corrected chi connectivity index (χ4v) is 2.45. The Morgan fingerprint density at radius 1 is 1.18 bits per heavy atom. The van der Waals surface area contributed by atoms with Gasteiger partial charge in [-0.3, -0.25) is 4.79 Å². The highest BCUT2D eigenvalue weighted by Gasteiger charge is 2.04. The third-order valence-electron chi connectivity index (χ3n) is 3.81. The molecule has 4 heteroatoms. The van der Waals surface area contributed by atoms with Crippen LogP contribution in [0.25, 0.3) is 0 Å². The summed E-state index contributed by atoms with van der Waals surface area (Å²) in [4.78, 5) is 11.6. The summed E-state index contributed by atoms with van der Waals surface area (Å²) < 4.78 is 1.74. The van der Waals surface area contributed by atoms with Crippen molar-refractivity contribution in [2.75, 3.05) is 6.54 Å². The van der Waals surface area contributed by atoms with Crippen LogP contribution in [-0.4, -0.2) is 16.2 Å². The molecule has 2 rings (SSSR count). The van der Waals surface area contributed by atoms with Gasteiger partial charge in [0.1, 0.15) is 0 Å². The van der Waals surface area contributed by atoms with Gasteiger partial charge in [0.25, 0.3) is 0 Å². The van der Waals surface area contributed by atoms with Gasteiger partial charge in [0.2, 0.25) is 5.56 Å². The van der Waals surface area contributed by atoms with E-state index in [1.807, 2.05) is 30.5 Å². The largest absolute Gasteiger partial charge is 0.392 e. The van der Waals surface area contributed by atoms with Crippen molar-refractivity contribution in [1.82, 2.24) is 9.88 Å². The summed E-state index contributed by atoms with van der Waals surface area (Å²) in [5.74, 6) is 0. The molecule has 2 aromatic rings. The van der Waals surface area contributed by atoms with Crippen molar-refractivity contribution >= 4 is 0 Å². The number of nitrogens with one attached hydrogen (secondary N) is 1. The van der Waals surface area contributed by atoms with Gasteiger partial charge in [-0.25, -0.2) is 0 Å². The molecule has 118 valence electrons. The molecular formula is C18H24N2O2. The molecule has 1 atom stereocenters. The van der Waals surface area contributed by atoms with E-state index in [0.717, 1.165) is 31.5 Å². The summed E-state index contributed by atoms with van der Waals surface area (Å²) in [5, 5.41) is 12.7. The van der Waals surface area contributed by atoms with E-state index in [0.29, 0.717) is 0 Å². The second-order valence-corrected chi connectivity index (χ2v) is 5.52. The Kier molecular flexibility index (Phi) is 6.37. The van der Waals surface area contributed by atoms with Gasteiger partial charge in [-0.05, 0) is 43.5 Å². The molecule has 1 heterocycles. The molecule has 0 saturated carbocycles. The van der Waals surface area contributed by atoms with Crippen LogP contribution < -0.4 is 10.9 Å². The Morgan fingerprint density at radius 2 is 2.05 bits per heavy atom. The number of unbranched alkanes of at least 4 members (excludes halogenated alkanes) is 1. The molecule has 0 bridgehead atoms. The zero-order valence-electron chi connectivity index (χ0n) is 13.0. The molecule has 0 aliphatic heterocycles. The summed E-state index contributed by atoms with van der Waals surface area (Å²) >= 11 is 0. The molecule has 0 saturated heterocycles. The van der Waals surface area contributed by atoms with Gasteiger partial charge in [-0.2, -0.15) is 0 Å². The maximum Gasteiger partial charge on any atom is 0.250 e. The molecule has 1 unspecified atom stereocenters. The number of pyridine rings is 1. The predicted molar refractivity (Wildman–Crippen MR) is 88.7 cm³/mol. The molecular weight excluding hydrogens is 276 g/mol. The van der Waals surface area contributed by atoms with Crippen LogP contribution in [0, 0.1) is 0 Å². The highest BCUT2D eigenvalue weighted by Crippen LogP contribution is 2.14. The highest BCUT2D eigenvalue weighted by atomic mass is 16.3. The molecule has 2 N–H and O–H groups in total. The van der Waals surface area contributed by atoms with Crippen LogP contribution in [0.15, 0.2) is 53.5 Å². The van der Waals surface area contributed by atoms with Gasteiger partial charge in [0.05, 0.1) is 6.61 Å². The Hall–Kier alpha value is -1.91. The Bertz CT molecular complexity index is 637. The molecule has 0 aliphatic rings. The minimum atomic E-state index is 0.0599. The zero-order chi connectivity index (χ0) is 15.8. The van der Waals surface area contributed by atoms with E-state index in [-0.39, 0.29) is 18.2 Å². The number of aliphatic hydroxyl groups excluding tert-OH is 1. The number of hydrogen-bond donors (Lipinski definition) is 2. The standard InChI is InChI=1S/C18H24N2O2/c1-15(17-8-6-7-16(13-17)14-21)19-10-3-5-12-20-11-4-2-9-18(20)22/h2,4,6-9,11,13,15,19,21H,3,5,10,12,14H2,1H3. The van der Waals surface area contributed by atoms with Gasteiger partial charge in [-0.1, -0.05) is 30.3 Å². The van der Waals surface area contributed by atoms with E-state index in [4.69, 9.17) is 0 Å². The second kappa shape index (κ2) is 8.51. The van der Waals surface area contributed by atoms with Crippen molar-refractivity contribution in [2.45, 2.75) is 39.0 Å². The van der Waals surface area contributed by atoms with E-state index in [2.05, 4.69) is 18.3 Å². The average molecular weight is 300 g/mol. The normalized spacial score (nSPS) is 12.3. The first-order valence-corrected chi connectivity index (χ1v) is 7.79. The topological polar surface area (TPSA) is 54.3 Å². The van der Waals surface area contributed by atoms with Crippen molar-refractivity contribution < 1.29 is 5.11 Å². The summed E-state index contributed by atoms with van der Waals surface area (Å²) in [6, 6.07) is 13.5. The molecule has 1 aromatic heterocycles. The van der Waals surface area contributed by atoms with E-state index in [9.17, 15) is 9.90 Å². The third-order valence-corrected chi connectivity index (χ3v) is 3.81. The summed E-state index contributed by atoms with van der Waals surface area (Å²) in [6.07, 6.45) is 3.82. The summed E-state index contributed by atoms with van der Waals surface area (Å²) in [6.45, 7) is 3.87. The van der Waals surface area contributed by atoms with E-state index in [1.165, 1.54) is 5.56 Å². The van der Waals surface area contributed by atoms with Crippen molar-refractivity contribution in [2.24, 2.45) is 0 Å². The van der Waals surface area contributed by atoms with Crippen molar-refractivity contribution in [3.05, 3.63) is 70.1 Å². The molecule has 22 heavy (non-hydrogen) atoms. The molecule has 1 aromatic carbocycles. The SMILES string of the molecule is CC(NCCCCn1ccccc1=O)c1cccc(CO)c1. The maximum atomic E-state index is 11.6. The van der Waals surface area contributed by atoms with Crippen molar-refractivity contribution in [3.63, 3.8) is 0 Å². The smallest absolute Gasteiger partial charge is 0.250 e. The number of aromatic nitrogens is 1. The molecule has 0 radical (unpaired) electrons. The minimum Gasteiger partial charge on any atom is -0.392 e. The molecule has 0 fully saturated rings. The Balaban J connectivity index is 1.72. The predicted octanol–water partition coefficient (Wildman–Crippen LogP) is 2.47. The lowest BCUT2D eigenvalue weighted by Gasteiger charge is -2.15. The van der Waals surface area contributed by atoms with Gasteiger partial charge >= 0.3 is 0 Å². The van der Waals surface area contributed by atoms with Gasteiger partial charge < -0.3 is 15.0 Å². The van der Waals surface area contributed by atoms with Gasteiger partial charge in [0.15, 0.2) is 0 Å². The Morgan fingerprint density at radius 3 is 2.82 bits per heavy atom. The number of hydrogen-bond acceptors (Lipinski definition) is 3. The van der Waals surface area contributed by atoms with Gasteiger partial charge in [0, 0.05) is 24.8 Å². The quantitative estimate of drug-likeness (QED) is 0.736. The van der Waals surface area contributed by atoms with Crippen LogP contribution in [0.2, 0.25) is 0 Å². The lowest BCUT2D eigenvalue weighted by molar-refractivity contribution is 0.281. The highest BCUT2D eigenvalue weighted by molar-refractivity contribution is 5.25. The van der Waals surface area contributed by atoms with Gasteiger partial charge in [-0.15, -0.1) is 0 Å². The minimum absolute atomic E-state index is 0.0599. The number of aliphatic hydroxyl groups is 1. The lowest BCUT2D eigenvalue weighted by atomic mass is 10.1. The number of rotatable bonds is 8. The van der Waals surface area contributed by atoms with E-state index < -0.39 is 0 Å². The van der Waals surface area contributed by atoms with Crippen LogP contribution >= 0.6 is 0 Å². The molecule has 4 nitrogen and oxygen atoms in total. The van der Waals surface area contributed by atoms with E-state index >= 15 is 0 Å². The van der Waals surface area contributed by atoms with Crippen LogP contribution in [-0.2, 0) is 13.2 Å². The second-order valence-electron chi connectivity index (χ2n) is 5.52. The summed E-state index contributed by atoms with van der Waals surface area (Å²) in [5.41, 5.74) is 2.19. The molecule has 0 spiro atoms. The van der Waals surface area contributed by atoms with Crippen LogP contribution in [0.1, 0.15) is 36.9 Å². The fourth-order valence-electron chi connectivity index (χ4n) is 2.45. The number of aryl methyl sites for hydroxylation is 1. The fraction of sp³-hybridized carbons (Fsp3) is 0.389. The number of nitrogens with zero attached hydrogens (tertiary/aromatic N) is 1. The first-order valence-electron chi connectivity index (χ1n) is 7.79. The first-order chi connectivity index (χ1) is 10.7. The van der Waals surface area contributed by atoms with Crippen LogP contribution in [0.4, 0.5) is 0 Å². The molecule has 0 aliphatic carbocycles. The average Bonchev–Trinajstić information content (AvgIpc) is 2.56. The molecule has 0 amide bonds. The lowest BCUT2D eigenvalue weighted by Crippen LogP contribution is -2.21. The first kappa shape index (κ1) is 16.5. The van der Waals surface area contributed by atoms with Crippen LogP contribution in [0.5, 0.6) is 0 Å².